The minimum atomic E-state index is -0.230. The van der Waals surface area contributed by atoms with E-state index in [0.717, 1.165) is 29.9 Å². The summed E-state index contributed by atoms with van der Waals surface area (Å²) in [6, 6.07) is 8.16. The highest BCUT2D eigenvalue weighted by Crippen LogP contribution is 2.31. The Morgan fingerprint density at radius 2 is 1.90 bits per heavy atom. The third-order valence-electron chi connectivity index (χ3n) is 4.25. The Balaban J connectivity index is 2.05. The minimum absolute atomic E-state index is 0.114. The maximum absolute atomic E-state index is 11.9. The number of aromatic nitrogens is 1. The fourth-order valence-electron chi connectivity index (χ4n) is 2.74. The van der Waals surface area contributed by atoms with E-state index in [9.17, 15) is 9.90 Å². The van der Waals surface area contributed by atoms with Crippen LogP contribution in [0.2, 0.25) is 0 Å². The molecular formula is C17H20N2O2. The lowest BCUT2D eigenvalue weighted by atomic mass is 10.0. The number of rotatable bonds is 3. The van der Waals surface area contributed by atoms with E-state index in [4.69, 9.17) is 0 Å². The van der Waals surface area contributed by atoms with Crippen LogP contribution in [0.1, 0.15) is 24.5 Å². The normalized spacial score (nSPS) is 14.1. The second kappa shape index (κ2) is 5.28. The van der Waals surface area contributed by atoms with Gasteiger partial charge in [0.15, 0.2) is 0 Å². The van der Waals surface area contributed by atoms with Crippen molar-refractivity contribution >= 4 is 5.69 Å². The molecule has 0 spiro atoms. The van der Waals surface area contributed by atoms with Gasteiger partial charge < -0.3 is 15.0 Å². The largest absolute Gasteiger partial charge is 0.507 e. The van der Waals surface area contributed by atoms with Crippen molar-refractivity contribution < 1.29 is 5.11 Å². The van der Waals surface area contributed by atoms with Gasteiger partial charge in [0, 0.05) is 24.3 Å². The molecule has 0 saturated carbocycles. The molecule has 3 rings (SSSR count). The molecule has 1 aromatic heterocycles. The third kappa shape index (κ3) is 2.31. The van der Waals surface area contributed by atoms with Gasteiger partial charge in [0.2, 0.25) is 0 Å². The highest BCUT2D eigenvalue weighted by atomic mass is 16.3. The maximum Gasteiger partial charge on any atom is 0.255 e. The van der Waals surface area contributed by atoms with Crippen LogP contribution < -0.4 is 10.5 Å². The zero-order valence-corrected chi connectivity index (χ0v) is 12.4. The van der Waals surface area contributed by atoms with Crippen LogP contribution in [-0.2, 0) is 6.42 Å². The molecule has 2 N–H and O–H groups in total. The summed E-state index contributed by atoms with van der Waals surface area (Å²) < 4.78 is 0. The number of hydrogen-bond donors (Lipinski definition) is 2. The number of nitrogens with one attached hydrogen (secondary N) is 1. The molecule has 21 heavy (non-hydrogen) atoms. The van der Waals surface area contributed by atoms with Crippen molar-refractivity contribution in [3.8, 4) is 17.0 Å². The van der Waals surface area contributed by atoms with Crippen LogP contribution in [0.15, 0.2) is 29.1 Å². The molecule has 0 atom stereocenters. The fourth-order valence-corrected chi connectivity index (χ4v) is 2.74. The van der Waals surface area contributed by atoms with Crippen molar-refractivity contribution in [1.82, 2.24) is 4.98 Å². The van der Waals surface area contributed by atoms with Crippen LogP contribution in [-0.4, -0.2) is 23.2 Å². The summed E-state index contributed by atoms with van der Waals surface area (Å²) in [6.45, 7) is 5.85. The number of nitrogens with zero attached hydrogens (tertiary/aromatic N) is 1. The molecule has 4 heteroatoms. The number of benzene rings is 1. The highest BCUT2D eigenvalue weighted by Gasteiger charge is 2.16. The van der Waals surface area contributed by atoms with E-state index in [-0.39, 0.29) is 11.3 Å². The smallest absolute Gasteiger partial charge is 0.255 e. The number of hydrogen-bond acceptors (Lipinski definition) is 3. The molecule has 2 heterocycles. The van der Waals surface area contributed by atoms with E-state index >= 15 is 0 Å². The summed E-state index contributed by atoms with van der Waals surface area (Å²) in [5, 5.41) is 10.2. The van der Waals surface area contributed by atoms with Crippen molar-refractivity contribution in [2.45, 2.75) is 26.7 Å². The second-order valence-corrected chi connectivity index (χ2v) is 5.52. The molecule has 0 bridgehead atoms. The Morgan fingerprint density at radius 3 is 2.43 bits per heavy atom. The van der Waals surface area contributed by atoms with Gasteiger partial charge in [-0.2, -0.15) is 0 Å². The van der Waals surface area contributed by atoms with Crippen molar-refractivity contribution in [2.75, 3.05) is 18.0 Å². The Bertz CT molecular complexity index is 713. The lowest BCUT2D eigenvalue weighted by Gasteiger charge is -2.33. The van der Waals surface area contributed by atoms with Gasteiger partial charge in [-0.3, -0.25) is 4.79 Å². The molecule has 1 aliphatic heterocycles. The van der Waals surface area contributed by atoms with E-state index in [2.05, 4.69) is 22.0 Å². The highest BCUT2D eigenvalue weighted by molar-refractivity contribution is 5.69. The lowest BCUT2D eigenvalue weighted by molar-refractivity contribution is 0.463. The maximum atomic E-state index is 11.9. The standard InChI is InChI=1S/C17H20N2O2/c1-3-14-15(18-17(21)11(2)16(14)20)12-5-7-13(8-6-12)19-9-4-10-19/h5-8H,3-4,9-10H2,1-2H3,(H2,18,20,21). The first-order valence-electron chi connectivity index (χ1n) is 7.42. The number of anilines is 1. The van der Waals surface area contributed by atoms with Gasteiger partial charge in [0.1, 0.15) is 5.75 Å². The van der Waals surface area contributed by atoms with E-state index in [1.54, 1.807) is 6.92 Å². The first-order chi connectivity index (χ1) is 10.1. The van der Waals surface area contributed by atoms with Gasteiger partial charge in [-0.05, 0) is 37.5 Å². The summed E-state index contributed by atoms with van der Waals surface area (Å²) in [5.41, 5.74) is 3.81. The monoisotopic (exact) mass is 284 g/mol. The van der Waals surface area contributed by atoms with Crippen LogP contribution in [0, 0.1) is 6.92 Å². The van der Waals surface area contributed by atoms with Gasteiger partial charge in [-0.25, -0.2) is 0 Å². The van der Waals surface area contributed by atoms with E-state index < -0.39 is 0 Å². The number of aromatic amines is 1. The SMILES string of the molecule is CCc1c(-c2ccc(N3CCC3)cc2)[nH]c(=O)c(C)c1O. The van der Waals surface area contributed by atoms with Crippen molar-refractivity contribution in [1.29, 1.82) is 0 Å². The molecule has 2 aromatic rings. The van der Waals surface area contributed by atoms with Gasteiger partial charge >= 0.3 is 0 Å². The van der Waals surface area contributed by atoms with Crippen molar-refractivity contribution in [3.05, 3.63) is 45.7 Å². The summed E-state index contributed by atoms with van der Waals surface area (Å²) >= 11 is 0. The van der Waals surface area contributed by atoms with Crippen LogP contribution in [0.25, 0.3) is 11.3 Å². The van der Waals surface area contributed by atoms with Crippen LogP contribution >= 0.6 is 0 Å². The van der Waals surface area contributed by atoms with Gasteiger partial charge in [0.25, 0.3) is 5.56 Å². The Hall–Kier alpha value is -2.23. The van der Waals surface area contributed by atoms with Crippen molar-refractivity contribution in [2.24, 2.45) is 0 Å². The summed E-state index contributed by atoms with van der Waals surface area (Å²) in [4.78, 5) is 17.1. The van der Waals surface area contributed by atoms with Crippen LogP contribution in [0.5, 0.6) is 5.75 Å². The van der Waals surface area contributed by atoms with Crippen molar-refractivity contribution in [3.63, 3.8) is 0 Å². The third-order valence-corrected chi connectivity index (χ3v) is 4.25. The average Bonchev–Trinajstić information content (AvgIpc) is 2.43. The Labute approximate surface area is 124 Å². The fraction of sp³-hybridized carbons (Fsp3) is 0.353. The van der Waals surface area contributed by atoms with Crippen LogP contribution in [0.4, 0.5) is 5.69 Å². The summed E-state index contributed by atoms with van der Waals surface area (Å²) in [5.74, 6) is 0.114. The zero-order valence-electron chi connectivity index (χ0n) is 12.4. The molecule has 0 unspecified atom stereocenters. The molecule has 1 aliphatic rings. The predicted octanol–water partition coefficient (Wildman–Crippen LogP) is 2.83. The first-order valence-corrected chi connectivity index (χ1v) is 7.42. The zero-order chi connectivity index (χ0) is 15.0. The topological polar surface area (TPSA) is 56.3 Å². The number of pyridine rings is 1. The molecule has 1 saturated heterocycles. The Kier molecular flexibility index (Phi) is 3.45. The van der Waals surface area contributed by atoms with Gasteiger partial charge in [0.05, 0.1) is 11.3 Å². The number of H-pyrrole nitrogens is 1. The summed E-state index contributed by atoms with van der Waals surface area (Å²) in [6.07, 6.45) is 1.92. The first kappa shape index (κ1) is 13.7. The molecule has 0 amide bonds. The van der Waals surface area contributed by atoms with Crippen LogP contribution in [0.3, 0.4) is 0 Å². The molecule has 1 fully saturated rings. The quantitative estimate of drug-likeness (QED) is 0.911. The molecule has 110 valence electrons. The summed E-state index contributed by atoms with van der Waals surface area (Å²) in [7, 11) is 0. The van der Waals surface area contributed by atoms with E-state index in [0.29, 0.717) is 12.0 Å². The lowest BCUT2D eigenvalue weighted by Crippen LogP contribution is -2.36. The minimum Gasteiger partial charge on any atom is -0.507 e. The second-order valence-electron chi connectivity index (χ2n) is 5.52. The average molecular weight is 284 g/mol. The molecule has 1 aromatic carbocycles. The molecule has 4 nitrogen and oxygen atoms in total. The van der Waals surface area contributed by atoms with E-state index in [1.807, 2.05) is 19.1 Å². The molecular weight excluding hydrogens is 264 g/mol. The molecule has 0 radical (unpaired) electrons. The Morgan fingerprint density at radius 1 is 1.24 bits per heavy atom. The van der Waals surface area contributed by atoms with Gasteiger partial charge in [-0.15, -0.1) is 0 Å². The molecule has 0 aliphatic carbocycles. The van der Waals surface area contributed by atoms with Gasteiger partial charge in [-0.1, -0.05) is 19.1 Å². The predicted molar refractivity (Wildman–Crippen MR) is 85.1 cm³/mol. The van der Waals surface area contributed by atoms with E-state index in [1.165, 1.54) is 12.1 Å². The number of aromatic hydroxyl groups is 1.